The van der Waals surface area contributed by atoms with Crippen LogP contribution in [0.1, 0.15) is 27.8 Å². The minimum Gasteiger partial charge on any atom is -0.351 e. The third kappa shape index (κ3) is 2.86. The molecule has 2 unspecified atom stereocenters. The maximum absolute atomic E-state index is 12.1. The first kappa shape index (κ1) is 13.6. The third-order valence-electron chi connectivity index (χ3n) is 3.54. The molecule has 1 amide bonds. The summed E-state index contributed by atoms with van der Waals surface area (Å²) in [6, 6.07) is 7.76. The van der Waals surface area contributed by atoms with Crippen molar-refractivity contribution >= 4 is 28.8 Å². The highest BCUT2D eigenvalue weighted by atomic mass is 35.5. The Morgan fingerprint density at radius 2 is 2.30 bits per heavy atom. The summed E-state index contributed by atoms with van der Waals surface area (Å²) < 4.78 is 0. The van der Waals surface area contributed by atoms with E-state index < -0.39 is 0 Å². The Bertz CT molecular complexity index is 640. The molecule has 0 radical (unpaired) electrons. The van der Waals surface area contributed by atoms with E-state index in [1.54, 1.807) is 11.3 Å². The largest absolute Gasteiger partial charge is 0.351 e. The Morgan fingerprint density at radius 3 is 3.00 bits per heavy atom. The maximum Gasteiger partial charge on any atom is 0.224 e. The molecule has 1 aromatic carbocycles. The van der Waals surface area contributed by atoms with Gasteiger partial charge in [-0.15, -0.1) is 11.3 Å². The molecule has 1 aliphatic carbocycles. The SMILES string of the molecule is Cc1ncc(CNC(=O)C2CC2c2ccccc2Cl)s1. The summed E-state index contributed by atoms with van der Waals surface area (Å²) in [4.78, 5) is 17.4. The van der Waals surface area contributed by atoms with Crippen molar-refractivity contribution in [1.29, 1.82) is 0 Å². The minimum atomic E-state index is 0.0592. The number of rotatable bonds is 4. The fraction of sp³-hybridized carbons (Fsp3) is 0.333. The van der Waals surface area contributed by atoms with Crippen LogP contribution >= 0.6 is 22.9 Å². The number of nitrogens with one attached hydrogen (secondary N) is 1. The fourth-order valence-corrected chi connectivity index (χ4v) is 3.41. The van der Waals surface area contributed by atoms with Crippen LogP contribution in [0.15, 0.2) is 30.5 Å². The van der Waals surface area contributed by atoms with Gasteiger partial charge in [0.2, 0.25) is 5.91 Å². The van der Waals surface area contributed by atoms with Gasteiger partial charge in [-0.1, -0.05) is 29.8 Å². The van der Waals surface area contributed by atoms with E-state index >= 15 is 0 Å². The monoisotopic (exact) mass is 306 g/mol. The van der Waals surface area contributed by atoms with Gasteiger partial charge in [-0.2, -0.15) is 0 Å². The molecule has 0 saturated heterocycles. The number of carbonyl (C=O) groups is 1. The van der Waals surface area contributed by atoms with Crippen molar-refractivity contribution < 1.29 is 4.79 Å². The Hall–Kier alpha value is -1.39. The summed E-state index contributed by atoms with van der Waals surface area (Å²) in [6.45, 7) is 2.53. The summed E-state index contributed by atoms with van der Waals surface area (Å²) in [6.07, 6.45) is 2.70. The maximum atomic E-state index is 12.1. The number of hydrogen-bond donors (Lipinski definition) is 1. The quantitative estimate of drug-likeness (QED) is 0.939. The highest BCUT2D eigenvalue weighted by Gasteiger charge is 2.44. The molecule has 1 saturated carbocycles. The predicted octanol–water partition coefficient (Wildman–Crippen LogP) is 3.52. The molecular formula is C15H15ClN2OS. The third-order valence-corrected chi connectivity index (χ3v) is 4.79. The first-order chi connectivity index (χ1) is 9.65. The van der Waals surface area contributed by atoms with Crippen molar-refractivity contribution in [3.05, 3.63) is 50.9 Å². The molecule has 0 aliphatic heterocycles. The fourth-order valence-electron chi connectivity index (χ4n) is 2.40. The molecule has 3 nitrogen and oxygen atoms in total. The van der Waals surface area contributed by atoms with Crippen LogP contribution < -0.4 is 5.32 Å². The Morgan fingerprint density at radius 1 is 1.50 bits per heavy atom. The van der Waals surface area contributed by atoms with Gasteiger partial charge in [-0.05, 0) is 30.9 Å². The van der Waals surface area contributed by atoms with Crippen molar-refractivity contribution in [1.82, 2.24) is 10.3 Å². The summed E-state index contributed by atoms with van der Waals surface area (Å²) in [5.41, 5.74) is 1.09. The molecule has 20 heavy (non-hydrogen) atoms. The van der Waals surface area contributed by atoms with Crippen LogP contribution in [-0.4, -0.2) is 10.9 Å². The molecule has 5 heteroatoms. The second-order valence-corrected chi connectivity index (χ2v) is 6.76. The molecule has 2 atom stereocenters. The normalized spacial score (nSPS) is 20.7. The molecular weight excluding hydrogens is 292 g/mol. The Labute approximate surface area is 127 Å². The number of hydrogen-bond acceptors (Lipinski definition) is 3. The van der Waals surface area contributed by atoms with Gasteiger partial charge in [0.25, 0.3) is 0 Å². The molecule has 104 valence electrons. The van der Waals surface area contributed by atoms with Gasteiger partial charge in [0.05, 0.1) is 11.6 Å². The zero-order valence-corrected chi connectivity index (χ0v) is 12.7. The van der Waals surface area contributed by atoms with Crippen molar-refractivity contribution in [3.8, 4) is 0 Å². The van der Waals surface area contributed by atoms with Gasteiger partial charge in [-0.3, -0.25) is 4.79 Å². The van der Waals surface area contributed by atoms with Gasteiger partial charge in [0, 0.05) is 22.0 Å². The van der Waals surface area contributed by atoms with Gasteiger partial charge < -0.3 is 5.32 Å². The van der Waals surface area contributed by atoms with Gasteiger partial charge >= 0.3 is 0 Å². The van der Waals surface area contributed by atoms with Crippen LogP contribution in [0.4, 0.5) is 0 Å². The van der Waals surface area contributed by atoms with E-state index in [1.807, 2.05) is 37.4 Å². The van der Waals surface area contributed by atoms with Crippen molar-refractivity contribution in [2.75, 3.05) is 0 Å². The van der Waals surface area contributed by atoms with Gasteiger partial charge in [0.1, 0.15) is 0 Å². The average molecular weight is 307 g/mol. The molecule has 3 rings (SSSR count). The number of aryl methyl sites for hydroxylation is 1. The molecule has 2 aromatic rings. The van der Waals surface area contributed by atoms with E-state index in [4.69, 9.17) is 11.6 Å². The Balaban J connectivity index is 1.56. The van der Waals surface area contributed by atoms with Crippen LogP contribution in [-0.2, 0) is 11.3 Å². The van der Waals surface area contributed by atoms with Crippen LogP contribution in [0.3, 0.4) is 0 Å². The van der Waals surface area contributed by atoms with E-state index in [1.165, 1.54) is 0 Å². The van der Waals surface area contributed by atoms with Crippen molar-refractivity contribution in [3.63, 3.8) is 0 Å². The summed E-state index contributed by atoms with van der Waals surface area (Å²) in [5.74, 6) is 0.441. The van der Waals surface area contributed by atoms with E-state index in [-0.39, 0.29) is 17.7 Å². The number of aromatic nitrogens is 1. The minimum absolute atomic E-state index is 0.0592. The first-order valence-electron chi connectivity index (χ1n) is 6.58. The van der Waals surface area contributed by atoms with Crippen LogP contribution in [0.5, 0.6) is 0 Å². The van der Waals surface area contributed by atoms with E-state index in [0.717, 1.165) is 26.9 Å². The lowest BCUT2D eigenvalue weighted by atomic mass is 10.1. The number of nitrogens with zero attached hydrogens (tertiary/aromatic N) is 1. The Kier molecular flexibility index (Phi) is 3.76. The van der Waals surface area contributed by atoms with Gasteiger partial charge in [0.15, 0.2) is 0 Å². The van der Waals surface area contributed by atoms with Crippen LogP contribution in [0, 0.1) is 12.8 Å². The number of benzene rings is 1. The topological polar surface area (TPSA) is 42.0 Å². The van der Waals surface area contributed by atoms with E-state index in [9.17, 15) is 4.79 Å². The highest BCUT2D eigenvalue weighted by molar-refractivity contribution is 7.11. The second-order valence-electron chi connectivity index (χ2n) is 5.03. The second kappa shape index (κ2) is 5.54. The van der Waals surface area contributed by atoms with Crippen molar-refractivity contribution in [2.45, 2.75) is 25.8 Å². The number of halogens is 1. The first-order valence-corrected chi connectivity index (χ1v) is 7.78. The van der Waals surface area contributed by atoms with E-state index in [0.29, 0.717) is 6.54 Å². The smallest absolute Gasteiger partial charge is 0.224 e. The van der Waals surface area contributed by atoms with Crippen LogP contribution in [0.25, 0.3) is 0 Å². The number of amides is 1. The average Bonchev–Trinajstić information content (AvgIpc) is 3.12. The predicted molar refractivity (Wildman–Crippen MR) is 81.0 cm³/mol. The molecule has 1 aromatic heterocycles. The number of carbonyl (C=O) groups excluding carboxylic acids is 1. The molecule has 1 aliphatic rings. The zero-order chi connectivity index (χ0) is 14.1. The zero-order valence-electron chi connectivity index (χ0n) is 11.1. The van der Waals surface area contributed by atoms with Gasteiger partial charge in [-0.25, -0.2) is 4.98 Å². The molecule has 0 spiro atoms. The summed E-state index contributed by atoms with van der Waals surface area (Å²) >= 11 is 7.78. The lowest BCUT2D eigenvalue weighted by Gasteiger charge is -2.04. The lowest BCUT2D eigenvalue weighted by Crippen LogP contribution is -2.24. The van der Waals surface area contributed by atoms with Crippen LogP contribution in [0.2, 0.25) is 5.02 Å². The molecule has 1 N–H and O–H groups in total. The molecule has 1 fully saturated rings. The summed E-state index contributed by atoms with van der Waals surface area (Å²) in [7, 11) is 0. The summed E-state index contributed by atoms with van der Waals surface area (Å²) in [5, 5.41) is 4.76. The number of thiazole rings is 1. The van der Waals surface area contributed by atoms with Crippen molar-refractivity contribution in [2.24, 2.45) is 5.92 Å². The van der Waals surface area contributed by atoms with E-state index in [2.05, 4.69) is 10.3 Å². The standard InChI is InChI=1S/C15H15ClN2OS/c1-9-17-7-10(20-9)8-18-15(19)13-6-12(13)11-4-2-3-5-14(11)16/h2-5,7,12-13H,6,8H2,1H3,(H,18,19). The molecule has 1 heterocycles. The lowest BCUT2D eigenvalue weighted by molar-refractivity contribution is -0.122. The highest BCUT2D eigenvalue weighted by Crippen LogP contribution is 2.49. The molecule has 0 bridgehead atoms.